The van der Waals surface area contributed by atoms with E-state index in [1.807, 2.05) is 48.7 Å². The number of fused-ring (bicyclic) bond motifs is 1. The number of carbonyl (C=O) groups excluding carboxylic acids is 1. The first-order chi connectivity index (χ1) is 13.1. The second kappa shape index (κ2) is 7.19. The van der Waals surface area contributed by atoms with E-state index in [1.165, 1.54) is 6.07 Å². The number of hydrogen-bond donors (Lipinski definition) is 1. The molecular formula is C22H18F2N2O. The van der Waals surface area contributed by atoms with Gasteiger partial charge in [0.1, 0.15) is 11.6 Å². The minimum atomic E-state index is -0.790. The molecule has 136 valence electrons. The lowest BCUT2D eigenvalue weighted by molar-refractivity contribution is -0.113. The van der Waals surface area contributed by atoms with Gasteiger partial charge in [-0.2, -0.15) is 0 Å². The summed E-state index contributed by atoms with van der Waals surface area (Å²) >= 11 is 0. The molecule has 1 aliphatic rings. The third-order valence-electron chi connectivity index (χ3n) is 4.73. The van der Waals surface area contributed by atoms with Gasteiger partial charge in [0.15, 0.2) is 0 Å². The zero-order chi connectivity index (χ0) is 18.8. The van der Waals surface area contributed by atoms with Crippen LogP contribution in [0.1, 0.15) is 24.1 Å². The minimum absolute atomic E-state index is 0.0269. The van der Waals surface area contributed by atoms with Crippen LogP contribution in [0.4, 0.5) is 14.5 Å². The standard InChI is InChI=1S/C22H18F2N2O/c23-16-10-11-19(18(24)14-16)25-22(27)17-8-4-12-26-13-5-9-20(26)21(17)15-6-2-1-3-7-15/h1-3,5-7,9-11,13-14H,4,8,12H2,(H,25,27). The predicted octanol–water partition coefficient (Wildman–Crippen LogP) is 5.00. The van der Waals surface area contributed by atoms with Crippen LogP contribution in [-0.2, 0) is 11.3 Å². The molecule has 1 N–H and O–H groups in total. The van der Waals surface area contributed by atoms with Gasteiger partial charge in [-0.25, -0.2) is 8.78 Å². The van der Waals surface area contributed by atoms with Crippen LogP contribution in [-0.4, -0.2) is 10.5 Å². The molecule has 1 aliphatic heterocycles. The van der Waals surface area contributed by atoms with E-state index in [0.717, 1.165) is 41.9 Å². The molecule has 2 heterocycles. The molecule has 0 fully saturated rings. The summed E-state index contributed by atoms with van der Waals surface area (Å²) in [4.78, 5) is 13.0. The lowest BCUT2D eigenvalue weighted by Crippen LogP contribution is -2.17. The number of hydrogen-bond acceptors (Lipinski definition) is 1. The number of nitrogens with one attached hydrogen (secondary N) is 1. The van der Waals surface area contributed by atoms with Crippen LogP contribution >= 0.6 is 0 Å². The average molecular weight is 364 g/mol. The van der Waals surface area contributed by atoms with E-state index in [0.29, 0.717) is 12.0 Å². The monoisotopic (exact) mass is 364 g/mol. The van der Waals surface area contributed by atoms with Crippen LogP contribution in [0.15, 0.2) is 72.4 Å². The Bertz CT molecular complexity index is 1020. The fraction of sp³-hybridized carbons (Fsp3) is 0.136. The molecule has 0 atom stereocenters. The van der Waals surface area contributed by atoms with Crippen molar-refractivity contribution in [2.75, 3.05) is 5.32 Å². The van der Waals surface area contributed by atoms with Gasteiger partial charge in [-0.15, -0.1) is 0 Å². The predicted molar refractivity (Wildman–Crippen MR) is 101 cm³/mol. The Morgan fingerprint density at radius 3 is 2.59 bits per heavy atom. The molecule has 1 amide bonds. The molecule has 2 aromatic carbocycles. The van der Waals surface area contributed by atoms with Gasteiger partial charge in [0.2, 0.25) is 0 Å². The van der Waals surface area contributed by atoms with Crippen LogP contribution in [0.2, 0.25) is 0 Å². The number of aryl methyl sites for hydroxylation is 1. The highest BCUT2D eigenvalue weighted by molar-refractivity contribution is 6.11. The van der Waals surface area contributed by atoms with Crippen molar-refractivity contribution in [2.45, 2.75) is 19.4 Å². The summed E-state index contributed by atoms with van der Waals surface area (Å²) in [6.07, 6.45) is 3.37. The van der Waals surface area contributed by atoms with E-state index in [2.05, 4.69) is 9.88 Å². The van der Waals surface area contributed by atoms with Crippen molar-refractivity contribution in [1.82, 2.24) is 4.57 Å². The Kier molecular flexibility index (Phi) is 4.59. The normalized spacial score (nSPS) is 13.9. The van der Waals surface area contributed by atoms with Crippen LogP contribution in [0.25, 0.3) is 5.57 Å². The Labute approximate surface area is 156 Å². The molecule has 0 radical (unpaired) electrons. The van der Waals surface area contributed by atoms with Crippen molar-refractivity contribution in [3.8, 4) is 0 Å². The van der Waals surface area contributed by atoms with Gasteiger partial charge in [-0.1, -0.05) is 30.3 Å². The highest BCUT2D eigenvalue weighted by Crippen LogP contribution is 2.33. The van der Waals surface area contributed by atoms with E-state index >= 15 is 0 Å². The number of halogens is 2. The smallest absolute Gasteiger partial charge is 0.252 e. The molecular weight excluding hydrogens is 346 g/mol. The van der Waals surface area contributed by atoms with E-state index < -0.39 is 11.6 Å². The number of aromatic nitrogens is 1. The first-order valence-corrected chi connectivity index (χ1v) is 8.84. The van der Waals surface area contributed by atoms with Crippen molar-refractivity contribution < 1.29 is 13.6 Å². The number of amides is 1. The van der Waals surface area contributed by atoms with Crippen molar-refractivity contribution >= 4 is 17.2 Å². The molecule has 1 aromatic heterocycles. The summed E-state index contributed by atoms with van der Waals surface area (Å²) in [5.41, 5.74) is 3.31. The summed E-state index contributed by atoms with van der Waals surface area (Å²) in [6, 6.07) is 16.8. The lowest BCUT2D eigenvalue weighted by atomic mass is 9.94. The third kappa shape index (κ3) is 3.40. The van der Waals surface area contributed by atoms with Gasteiger partial charge < -0.3 is 9.88 Å². The topological polar surface area (TPSA) is 34.0 Å². The zero-order valence-corrected chi connectivity index (χ0v) is 14.6. The molecule has 3 nitrogen and oxygen atoms in total. The first-order valence-electron chi connectivity index (χ1n) is 8.84. The van der Waals surface area contributed by atoms with Crippen molar-refractivity contribution in [2.24, 2.45) is 0 Å². The Hall–Kier alpha value is -3.21. The molecule has 3 aromatic rings. The van der Waals surface area contributed by atoms with E-state index in [-0.39, 0.29) is 11.6 Å². The highest BCUT2D eigenvalue weighted by atomic mass is 19.1. The summed E-state index contributed by atoms with van der Waals surface area (Å²) < 4.78 is 29.3. The molecule has 4 rings (SSSR count). The van der Waals surface area contributed by atoms with E-state index in [1.54, 1.807) is 0 Å². The Morgan fingerprint density at radius 2 is 1.81 bits per heavy atom. The summed E-state index contributed by atoms with van der Waals surface area (Å²) in [7, 11) is 0. The minimum Gasteiger partial charge on any atom is -0.347 e. The number of rotatable bonds is 3. The molecule has 0 bridgehead atoms. The molecule has 0 aliphatic carbocycles. The third-order valence-corrected chi connectivity index (χ3v) is 4.73. The summed E-state index contributed by atoms with van der Waals surface area (Å²) in [5.74, 6) is -1.83. The summed E-state index contributed by atoms with van der Waals surface area (Å²) in [5, 5.41) is 2.61. The van der Waals surface area contributed by atoms with Gasteiger partial charge in [0.25, 0.3) is 5.91 Å². The van der Waals surface area contributed by atoms with Crippen LogP contribution in [0, 0.1) is 11.6 Å². The maximum absolute atomic E-state index is 14.0. The van der Waals surface area contributed by atoms with Gasteiger partial charge in [-0.05, 0) is 42.7 Å². The second-order valence-corrected chi connectivity index (χ2v) is 6.49. The largest absolute Gasteiger partial charge is 0.347 e. The van der Waals surface area contributed by atoms with Gasteiger partial charge in [-0.3, -0.25) is 4.79 Å². The molecule has 0 spiro atoms. The number of benzene rings is 2. The highest BCUT2D eigenvalue weighted by Gasteiger charge is 2.23. The fourth-order valence-electron chi connectivity index (χ4n) is 3.48. The first kappa shape index (κ1) is 17.2. The molecule has 0 saturated carbocycles. The van der Waals surface area contributed by atoms with E-state index in [4.69, 9.17) is 0 Å². The fourth-order valence-corrected chi connectivity index (χ4v) is 3.48. The second-order valence-electron chi connectivity index (χ2n) is 6.49. The van der Waals surface area contributed by atoms with Crippen LogP contribution < -0.4 is 5.32 Å². The summed E-state index contributed by atoms with van der Waals surface area (Å²) in [6.45, 7) is 0.806. The number of anilines is 1. The average Bonchev–Trinajstić information content (AvgIpc) is 3.04. The maximum Gasteiger partial charge on any atom is 0.252 e. The van der Waals surface area contributed by atoms with E-state index in [9.17, 15) is 13.6 Å². The number of nitrogens with zero attached hydrogens (tertiary/aromatic N) is 1. The van der Waals surface area contributed by atoms with Crippen molar-refractivity contribution in [3.05, 3.63) is 95.3 Å². The Morgan fingerprint density at radius 1 is 1.00 bits per heavy atom. The molecule has 0 saturated heterocycles. The van der Waals surface area contributed by atoms with Gasteiger partial charge >= 0.3 is 0 Å². The Balaban J connectivity index is 1.80. The van der Waals surface area contributed by atoms with Gasteiger partial charge in [0, 0.05) is 35.6 Å². The molecule has 27 heavy (non-hydrogen) atoms. The number of carbonyl (C=O) groups is 1. The van der Waals surface area contributed by atoms with Crippen LogP contribution in [0.5, 0.6) is 0 Å². The SMILES string of the molecule is O=C(Nc1ccc(F)cc1F)C1=C(c2ccccc2)c2cccn2CCC1. The molecule has 0 unspecified atom stereocenters. The van der Waals surface area contributed by atoms with Crippen molar-refractivity contribution in [3.63, 3.8) is 0 Å². The maximum atomic E-state index is 14.0. The lowest BCUT2D eigenvalue weighted by Gasteiger charge is -2.15. The molecule has 5 heteroatoms. The quantitative estimate of drug-likeness (QED) is 0.697. The van der Waals surface area contributed by atoms with Crippen molar-refractivity contribution in [1.29, 1.82) is 0 Å². The van der Waals surface area contributed by atoms with Crippen LogP contribution in [0.3, 0.4) is 0 Å². The van der Waals surface area contributed by atoms with Gasteiger partial charge in [0.05, 0.1) is 5.69 Å². The zero-order valence-electron chi connectivity index (χ0n) is 14.6.